The summed E-state index contributed by atoms with van der Waals surface area (Å²) in [6.45, 7) is 2.29. The molecule has 6 nitrogen and oxygen atoms in total. The zero-order valence-electron chi connectivity index (χ0n) is 14.2. The lowest BCUT2D eigenvalue weighted by molar-refractivity contribution is 0.102. The molecule has 2 aromatic heterocycles. The zero-order chi connectivity index (χ0) is 18.0. The van der Waals surface area contributed by atoms with Crippen LogP contribution in [0.4, 0.5) is 10.1 Å². The summed E-state index contributed by atoms with van der Waals surface area (Å²) < 4.78 is 25.3. The summed E-state index contributed by atoms with van der Waals surface area (Å²) in [6.07, 6.45) is 3.52. The SMILES string of the molecule is COCc1cn2cc(C(=O)Nc3ccc(F)c(OC)c3)cc(C)c2n1. The van der Waals surface area contributed by atoms with E-state index in [1.165, 1.54) is 25.3 Å². The first-order valence-electron chi connectivity index (χ1n) is 7.64. The Morgan fingerprint density at radius 2 is 2.08 bits per heavy atom. The van der Waals surface area contributed by atoms with Crippen LogP contribution in [0.3, 0.4) is 0 Å². The van der Waals surface area contributed by atoms with Gasteiger partial charge >= 0.3 is 0 Å². The van der Waals surface area contributed by atoms with Crippen LogP contribution in [0.25, 0.3) is 5.65 Å². The van der Waals surface area contributed by atoms with Crippen molar-refractivity contribution in [2.24, 2.45) is 0 Å². The molecule has 3 aromatic rings. The quantitative estimate of drug-likeness (QED) is 0.773. The van der Waals surface area contributed by atoms with Crippen LogP contribution in [0.2, 0.25) is 0 Å². The number of rotatable bonds is 5. The fraction of sp³-hybridized carbons (Fsp3) is 0.222. The standard InChI is InChI=1S/C18H18FN3O3/c1-11-6-12(8-22-9-14(10-24-2)20-17(11)22)18(23)21-13-4-5-15(19)16(7-13)25-3/h4-9H,10H2,1-3H3,(H,21,23). The highest BCUT2D eigenvalue weighted by Gasteiger charge is 2.12. The number of pyridine rings is 1. The maximum atomic E-state index is 13.5. The van der Waals surface area contributed by atoms with Crippen molar-refractivity contribution < 1.29 is 18.7 Å². The molecule has 1 amide bonds. The minimum absolute atomic E-state index is 0.0725. The Hall–Kier alpha value is -2.93. The number of fused-ring (bicyclic) bond motifs is 1. The third kappa shape index (κ3) is 3.46. The number of halogens is 1. The van der Waals surface area contributed by atoms with E-state index in [1.807, 2.05) is 13.1 Å². The molecule has 1 aromatic carbocycles. The van der Waals surface area contributed by atoms with Crippen LogP contribution in [0.5, 0.6) is 5.75 Å². The molecule has 0 aliphatic heterocycles. The van der Waals surface area contributed by atoms with Gasteiger partial charge in [-0.1, -0.05) is 0 Å². The molecule has 0 bridgehead atoms. The highest BCUT2D eigenvalue weighted by Crippen LogP contribution is 2.22. The van der Waals surface area contributed by atoms with Gasteiger partial charge in [-0.05, 0) is 30.7 Å². The molecule has 3 rings (SSSR count). The number of anilines is 1. The second-order valence-corrected chi connectivity index (χ2v) is 5.61. The Balaban J connectivity index is 1.89. The lowest BCUT2D eigenvalue weighted by Crippen LogP contribution is -2.13. The number of nitrogens with one attached hydrogen (secondary N) is 1. The predicted molar refractivity (Wildman–Crippen MR) is 91.5 cm³/mol. The van der Waals surface area contributed by atoms with Gasteiger partial charge in [0, 0.05) is 31.3 Å². The third-order valence-corrected chi connectivity index (χ3v) is 3.75. The highest BCUT2D eigenvalue weighted by molar-refractivity contribution is 6.04. The Morgan fingerprint density at radius 3 is 2.80 bits per heavy atom. The largest absolute Gasteiger partial charge is 0.494 e. The number of aryl methyl sites for hydroxylation is 1. The molecule has 0 atom stereocenters. The van der Waals surface area contributed by atoms with Crippen LogP contribution >= 0.6 is 0 Å². The second kappa shape index (κ2) is 6.90. The van der Waals surface area contributed by atoms with Crippen molar-refractivity contribution in [2.75, 3.05) is 19.5 Å². The van der Waals surface area contributed by atoms with Gasteiger partial charge in [0.25, 0.3) is 5.91 Å². The maximum absolute atomic E-state index is 13.5. The molecule has 7 heteroatoms. The number of carbonyl (C=O) groups excluding carboxylic acids is 1. The molecule has 0 radical (unpaired) electrons. The fourth-order valence-corrected chi connectivity index (χ4v) is 2.60. The van der Waals surface area contributed by atoms with E-state index in [2.05, 4.69) is 10.3 Å². The monoisotopic (exact) mass is 343 g/mol. The van der Waals surface area contributed by atoms with Crippen LogP contribution in [0.1, 0.15) is 21.6 Å². The van der Waals surface area contributed by atoms with E-state index in [0.29, 0.717) is 17.9 Å². The molecular formula is C18H18FN3O3. The van der Waals surface area contributed by atoms with Crippen molar-refractivity contribution in [2.45, 2.75) is 13.5 Å². The average molecular weight is 343 g/mol. The van der Waals surface area contributed by atoms with E-state index < -0.39 is 5.82 Å². The van der Waals surface area contributed by atoms with Crippen LogP contribution < -0.4 is 10.1 Å². The molecule has 1 N–H and O–H groups in total. The van der Waals surface area contributed by atoms with Crippen molar-refractivity contribution in [3.8, 4) is 5.75 Å². The molecule has 0 saturated carbocycles. The summed E-state index contributed by atoms with van der Waals surface area (Å²) >= 11 is 0. The smallest absolute Gasteiger partial charge is 0.257 e. The second-order valence-electron chi connectivity index (χ2n) is 5.61. The van der Waals surface area contributed by atoms with E-state index in [4.69, 9.17) is 9.47 Å². The summed E-state index contributed by atoms with van der Waals surface area (Å²) in [6, 6.07) is 5.92. The van der Waals surface area contributed by atoms with E-state index in [1.54, 1.807) is 23.8 Å². The molecule has 2 heterocycles. The Kier molecular flexibility index (Phi) is 4.67. The Bertz CT molecular complexity index is 937. The highest BCUT2D eigenvalue weighted by atomic mass is 19.1. The normalized spacial score (nSPS) is 10.9. The molecule has 0 saturated heterocycles. The molecule has 0 aliphatic carbocycles. The first-order valence-corrected chi connectivity index (χ1v) is 7.64. The third-order valence-electron chi connectivity index (χ3n) is 3.75. The topological polar surface area (TPSA) is 64.9 Å². The van der Waals surface area contributed by atoms with Crippen LogP contribution in [-0.2, 0) is 11.3 Å². The number of amides is 1. The summed E-state index contributed by atoms with van der Waals surface area (Å²) in [4.78, 5) is 17.0. The van der Waals surface area contributed by atoms with Gasteiger partial charge in [0.15, 0.2) is 11.6 Å². The predicted octanol–water partition coefficient (Wildman–Crippen LogP) is 3.19. The van der Waals surface area contributed by atoms with Gasteiger partial charge < -0.3 is 19.2 Å². The number of hydrogen-bond acceptors (Lipinski definition) is 4. The van der Waals surface area contributed by atoms with Crippen molar-refractivity contribution in [1.82, 2.24) is 9.38 Å². The van der Waals surface area contributed by atoms with E-state index in [0.717, 1.165) is 16.9 Å². The first kappa shape index (κ1) is 16.9. The van der Waals surface area contributed by atoms with E-state index in [9.17, 15) is 9.18 Å². The van der Waals surface area contributed by atoms with Gasteiger partial charge in [0.1, 0.15) is 5.65 Å². The van der Waals surface area contributed by atoms with Crippen molar-refractivity contribution in [3.05, 3.63) is 59.3 Å². The van der Waals surface area contributed by atoms with Gasteiger partial charge in [0.05, 0.1) is 25.0 Å². The maximum Gasteiger partial charge on any atom is 0.257 e. The van der Waals surface area contributed by atoms with Crippen LogP contribution in [0, 0.1) is 12.7 Å². The van der Waals surface area contributed by atoms with E-state index >= 15 is 0 Å². The number of methoxy groups -OCH3 is 2. The number of hydrogen-bond donors (Lipinski definition) is 1. The lowest BCUT2D eigenvalue weighted by atomic mass is 10.2. The van der Waals surface area contributed by atoms with Crippen molar-refractivity contribution >= 4 is 17.2 Å². The fourth-order valence-electron chi connectivity index (χ4n) is 2.60. The summed E-state index contributed by atoms with van der Waals surface area (Å²) in [7, 11) is 2.98. The first-order chi connectivity index (χ1) is 12.0. The van der Waals surface area contributed by atoms with Crippen LogP contribution in [0.15, 0.2) is 36.7 Å². The van der Waals surface area contributed by atoms with Gasteiger partial charge in [0.2, 0.25) is 0 Å². The summed E-state index contributed by atoms with van der Waals surface area (Å²) in [5.41, 5.74) is 3.34. The number of ether oxygens (including phenoxy) is 2. The summed E-state index contributed by atoms with van der Waals surface area (Å²) in [5.74, 6) is -0.717. The van der Waals surface area contributed by atoms with Gasteiger partial charge in [-0.2, -0.15) is 0 Å². The number of benzene rings is 1. The van der Waals surface area contributed by atoms with Gasteiger partial charge in [-0.15, -0.1) is 0 Å². The Labute approximate surface area is 144 Å². The number of carbonyl (C=O) groups is 1. The molecule has 0 unspecified atom stereocenters. The molecule has 25 heavy (non-hydrogen) atoms. The minimum Gasteiger partial charge on any atom is -0.494 e. The molecule has 0 spiro atoms. The molecular weight excluding hydrogens is 325 g/mol. The number of imidazole rings is 1. The molecule has 0 aliphatic rings. The van der Waals surface area contributed by atoms with E-state index in [-0.39, 0.29) is 11.7 Å². The lowest BCUT2D eigenvalue weighted by Gasteiger charge is -2.09. The van der Waals surface area contributed by atoms with Crippen molar-refractivity contribution in [1.29, 1.82) is 0 Å². The van der Waals surface area contributed by atoms with Crippen LogP contribution in [-0.4, -0.2) is 29.5 Å². The number of aromatic nitrogens is 2. The minimum atomic E-state index is -0.484. The number of nitrogens with zero attached hydrogens (tertiary/aromatic N) is 2. The summed E-state index contributed by atoms with van der Waals surface area (Å²) in [5, 5.41) is 2.74. The molecule has 0 fully saturated rings. The van der Waals surface area contributed by atoms with Crippen molar-refractivity contribution in [3.63, 3.8) is 0 Å². The molecule has 130 valence electrons. The van der Waals surface area contributed by atoms with Gasteiger partial charge in [-0.25, -0.2) is 9.37 Å². The Morgan fingerprint density at radius 1 is 1.28 bits per heavy atom. The average Bonchev–Trinajstić information content (AvgIpc) is 3.00. The van der Waals surface area contributed by atoms with Gasteiger partial charge in [-0.3, -0.25) is 4.79 Å². The zero-order valence-corrected chi connectivity index (χ0v) is 14.2.